The number of amides is 1. The molecule has 7 nitrogen and oxygen atoms in total. The van der Waals surface area contributed by atoms with Gasteiger partial charge in [-0.25, -0.2) is 22.5 Å². The van der Waals surface area contributed by atoms with Crippen molar-refractivity contribution in [3.8, 4) is 11.3 Å². The van der Waals surface area contributed by atoms with Gasteiger partial charge in [0, 0.05) is 12.1 Å². The number of rotatable bonds is 6. The largest absolute Gasteiger partial charge is 0.352 e. The molecule has 1 aliphatic heterocycles. The number of pyridine rings is 1. The van der Waals surface area contributed by atoms with E-state index in [2.05, 4.69) is 10.4 Å². The molecule has 5 rings (SSSR count). The van der Waals surface area contributed by atoms with Crippen molar-refractivity contribution in [1.29, 1.82) is 0 Å². The van der Waals surface area contributed by atoms with Crippen LogP contribution >= 0.6 is 0 Å². The highest BCUT2D eigenvalue weighted by Gasteiger charge is 2.32. The number of aromatic nitrogens is 3. The Balaban J connectivity index is 1.55. The first kappa shape index (κ1) is 23.2. The van der Waals surface area contributed by atoms with Crippen LogP contribution in [0.15, 0.2) is 60.7 Å². The van der Waals surface area contributed by atoms with E-state index in [-0.39, 0.29) is 29.3 Å². The number of benzene rings is 2. The van der Waals surface area contributed by atoms with Gasteiger partial charge in [0.1, 0.15) is 5.82 Å². The third-order valence-corrected chi connectivity index (χ3v) is 8.07. The van der Waals surface area contributed by atoms with E-state index in [1.807, 2.05) is 30.3 Å². The van der Waals surface area contributed by atoms with Gasteiger partial charge in [-0.05, 0) is 55.7 Å². The van der Waals surface area contributed by atoms with Gasteiger partial charge in [-0.1, -0.05) is 30.3 Å². The average molecular weight is 493 g/mol. The van der Waals surface area contributed by atoms with E-state index in [4.69, 9.17) is 4.98 Å². The number of hydrogen-bond donors (Lipinski definition) is 1. The number of carbonyl (C=O) groups is 1. The molecule has 1 aliphatic rings. The zero-order chi connectivity index (χ0) is 24.6. The van der Waals surface area contributed by atoms with Crippen molar-refractivity contribution in [2.75, 3.05) is 18.1 Å². The maximum atomic E-state index is 13.5. The molecule has 4 aromatic rings. The van der Waals surface area contributed by atoms with E-state index in [0.717, 1.165) is 5.56 Å². The zero-order valence-corrected chi connectivity index (χ0v) is 20.1. The first-order valence-electron chi connectivity index (χ1n) is 11.5. The van der Waals surface area contributed by atoms with Crippen LogP contribution in [0.2, 0.25) is 0 Å². The molecule has 9 heteroatoms. The quantitative estimate of drug-likeness (QED) is 0.441. The third kappa shape index (κ3) is 4.81. The molecule has 2 aromatic carbocycles. The lowest BCUT2D eigenvalue weighted by Gasteiger charge is -2.12. The lowest BCUT2D eigenvalue weighted by Crippen LogP contribution is -2.26. The summed E-state index contributed by atoms with van der Waals surface area (Å²) in [6.07, 6.45) is 1.13. The molecule has 0 spiro atoms. The Morgan fingerprint density at radius 1 is 1.14 bits per heavy atom. The summed E-state index contributed by atoms with van der Waals surface area (Å²) in [6.45, 7) is 2.24. The van der Waals surface area contributed by atoms with Crippen molar-refractivity contribution in [3.63, 3.8) is 0 Å². The standard InChI is InChI=1S/C26H25FN4O3S/c1-17-24-22(26(32)28-13-11-18-5-3-2-4-6-18)15-23(19-7-9-20(27)10-8-19)29-25(24)31(30-17)21-12-14-35(33,34)16-21/h2-10,15,21H,11-14,16H2,1H3,(H,28,32). The Labute approximate surface area is 202 Å². The average Bonchev–Trinajstić information content (AvgIpc) is 3.38. The van der Waals surface area contributed by atoms with Crippen LogP contribution in [0.5, 0.6) is 0 Å². The summed E-state index contributed by atoms with van der Waals surface area (Å²) in [7, 11) is -3.14. The molecule has 0 radical (unpaired) electrons. The molecule has 1 unspecified atom stereocenters. The molecule has 0 saturated carbocycles. The maximum absolute atomic E-state index is 13.5. The molecular formula is C26H25FN4O3S. The summed E-state index contributed by atoms with van der Waals surface area (Å²) in [4.78, 5) is 18.1. The van der Waals surface area contributed by atoms with Gasteiger partial charge in [-0.3, -0.25) is 4.79 Å². The highest BCUT2D eigenvalue weighted by Crippen LogP contribution is 2.32. The molecule has 1 atom stereocenters. The predicted octanol–water partition coefficient (Wildman–Crippen LogP) is 3.88. The van der Waals surface area contributed by atoms with Gasteiger partial charge >= 0.3 is 0 Å². The number of halogens is 1. The zero-order valence-electron chi connectivity index (χ0n) is 19.2. The van der Waals surface area contributed by atoms with Gasteiger partial charge < -0.3 is 5.32 Å². The lowest BCUT2D eigenvalue weighted by molar-refractivity contribution is 0.0955. The van der Waals surface area contributed by atoms with Crippen LogP contribution in [0, 0.1) is 12.7 Å². The number of fused-ring (bicyclic) bond motifs is 1. The smallest absolute Gasteiger partial charge is 0.252 e. The van der Waals surface area contributed by atoms with Crippen molar-refractivity contribution in [3.05, 3.63) is 83.3 Å². The topological polar surface area (TPSA) is 93.9 Å². The minimum Gasteiger partial charge on any atom is -0.352 e. The number of hydrogen-bond acceptors (Lipinski definition) is 5. The fourth-order valence-corrected chi connectivity index (χ4v) is 6.24. The molecule has 180 valence electrons. The van der Waals surface area contributed by atoms with Crippen LogP contribution in [0.25, 0.3) is 22.3 Å². The number of sulfone groups is 1. The Hall–Kier alpha value is -3.59. The number of nitrogens with zero attached hydrogens (tertiary/aromatic N) is 3. The third-order valence-electron chi connectivity index (χ3n) is 6.32. The second-order valence-electron chi connectivity index (χ2n) is 8.84. The molecule has 1 saturated heterocycles. The molecular weight excluding hydrogens is 467 g/mol. The van der Waals surface area contributed by atoms with E-state index in [9.17, 15) is 17.6 Å². The summed E-state index contributed by atoms with van der Waals surface area (Å²) in [5, 5.41) is 8.19. The molecule has 35 heavy (non-hydrogen) atoms. The van der Waals surface area contributed by atoms with Gasteiger partial charge in [0.25, 0.3) is 5.91 Å². The SMILES string of the molecule is Cc1nn(C2CCS(=O)(=O)C2)c2nc(-c3ccc(F)cc3)cc(C(=O)NCCc3ccccc3)c12. The van der Waals surface area contributed by atoms with Crippen molar-refractivity contribution < 1.29 is 17.6 Å². The van der Waals surface area contributed by atoms with E-state index in [1.54, 1.807) is 29.8 Å². The van der Waals surface area contributed by atoms with Gasteiger partial charge in [0.15, 0.2) is 15.5 Å². The van der Waals surface area contributed by atoms with Gasteiger partial charge in [-0.2, -0.15) is 5.10 Å². The van der Waals surface area contributed by atoms with Crippen molar-refractivity contribution >= 4 is 26.8 Å². The fraction of sp³-hybridized carbons (Fsp3) is 0.269. The molecule has 0 aliphatic carbocycles. The maximum Gasteiger partial charge on any atom is 0.252 e. The first-order chi connectivity index (χ1) is 16.8. The Morgan fingerprint density at radius 3 is 2.57 bits per heavy atom. The first-order valence-corrected chi connectivity index (χ1v) is 13.3. The van der Waals surface area contributed by atoms with E-state index >= 15 is 0 Å². The number of nitrogens with one attached hydrogen (secondary N) is 1. The predicted molar refractivity (Wildman–Crippen MR) is 132 cm³/mol. The Bertz CT molecular complexity index is 1500. The molecule has 1 N–H and O–H groups in total. The van der Waals surface area contributed by atoms with Gasteiger partial charge in [-0.15, -0.1) is 0 Å². The van der Waals surface area contributed by atoms with Crippen LogP contribution in [0.1, 0.15) is 34.1 Å². The van der Waals surface area contributed by atoms with E-state index < -0.39 is 9.84 Å². The lowest BCUT2D eigenvalue weighted by atomic mass is 10.0. The summed E-state index contributed by atoms with van der Waals surface area (Å²) in [6, 6.07) is 17.1. The number of carbonyl (C=O) groups excluding carboxylic acids is 1. The Kier molecular flexibility index (Phi) is 6.10. The normalized spacial score (nSPS) is 17.0. The molecule has 3 heterocycles. The van der Waals surface area contributed by atoms with E-state index in [1.165, 1.54) is 12.1 Å². The monoisotopic (exact) mass is 492 g/mol. The van der Waals surface area contributed by atoms with Crippen molar-refractivity contribution in [2.45, 2.75) is 25.8 Å². The molecule has 0 bridgehead atoms. The van der Waals surface area contributed by atoms with E-state index in [0.29, 0.717) is 52.9 Å². The van der Waals surface area contributed by atoms with Crippen molar-refractivity contribution in [1.82, 2.24) is 20.1 Å². The summed E-state index contributed by atoms with van der Waals surface area (Å²) >= 11 is 0. The minimum atomic E-state index is -3.14. The Morgan fingerprint density at radius 2 is 1.89 bits per heavy atom. The van der Waals surface area contributed by atoms with Crippen LogP contribution in [0.4, 0.5) is 4.39 Å². The highest BCUT2D eigenvalue weighted by atomic mass is 32.2. The van der Waals surface area contributed by atoms with Crippen LogP contribution in [-0.4, -0.2) is 47.1 Å². The van der Waals surface area contributed by atoms with Crippen LogP contribution < -0.4 is 5.32 Å². The van der Waals surface area contributed by atoms with Gasteiger partial charge in [0.2, 0.25) is 0 Å². The summed E-state index contributed by atoms with van der Waals surface area (Å²) in [5.74, 6) is -0.545. The van der Waals surface area contributed by atoms with Crippen LogP contribution in [-0.2, 0) is 16.3 Å². The number of aryl methyl sites for hydroxylation is 1. The molecule has 1 fully saturated rings. The van der Waals surface area contributed by atoms with Crippen LogP contribution in [0.3, 0.4) is 0 Å². The second-order valence-corrected chi connectivity index (χ2v) is 11.1. The minimum absolute atomic E-state index is 0.00964. The summed E-state index contributed by atoms with van der Waals surface area (Å²) < 4.78 is 39.4. The summed E-state index contributed by atoms with van der Waals surface area (Å²) in [5.41, 5.74) is 3.73. The van der Waals surface area contributed by atoms with Crippen molar-refractivity contribution in [2.24, 2.45) is 0 Å². The second kappa shape index (κ2) is 9.22. The highest BCUT2D eigenvalue weighted by molar-refractivity contribution is 7.91. The fourth-order valence-electron chi connectivity index (χ4n) is 4.54. The van der Waals surface area contributed by atoms with Gasteiger partial charge in [0.05, 0.1) is 39.9 Å². The molecule has 1 amide bonds. The molecule has 2 aromatic heterocycles.